The van der Waals surface area contributed by atoms with Crippen LogP contribution in [-0.2, 0) is 14.9 Å². The molecule has 0 saturated carbocycles. The van der Waals surface area contributed by atoms with Crippen molar-refractivity contribution in [2.45, 2.75) is 0 Å². The number of rotatable bonds is 1. The van der Waals surface area contributed by atoms with Crippen LogP contribution in [0.5, 0.6) is 0 Å². The number of amides is 1. The van der Waals surface area contributed by atoms with Gasteiger partial charge in [-0.2, -0.15) is 8.42 Å². The Morgan fingerprint density at radius 2 is 2.10 bits per heavy atom. The van der Waals surface area contributed by atoms with E-state index in [1.807, 2.05) is 0 Å². The highest BCUT2D eigenvalue weighted by Gasteiger charge is 2.23. The maximum atomic E-state index is 10.4. The third-order valence-corrected chi connectivity index (χ3v) is 1.77. The van der Waals surface area contributed by atoms with E-state index in [1.54, 1.807) is 0 Å². The van der Waals surface area contributed by atoms with E-state index in [2.05, 4.69) is 4.99 Å². The average molecular weight is 161 g/mol. The molecule has 0 atom stereocenters. The molecule has 0 aliphatic carbocycles. The van der Waals surface area contributed by atoms with Crippen molar-refractivity contribution in [1.29, 1.82) is 0 Å². The van der Waals surface area contributed by atoms with Crippen LogP contribution in [0.15, 0.2) is 16.0 Å². The second-order valence-corrected chi connectivity index (χ2v) is 2.98. The molecule has 0 spiro atoms. The van der Waals surface area contributed by atoms with Gasteiger partial charge in [-0.1, -0.05) is 0 Å². The fraction of sp³-hybridized carbons (Fsp3) is 0. The lowest BCUT2D eigenvalue weighted by atomic mass is 10.6. The molecule has 0 unspecified atom stereocenters. The average Bonchev–Trinajstić information content (AvgIpc) is 2.11. The van der Waals surface area contributed by atoms with Crippen molar-refractivity contribution >= 4 is 22.2 Å². The van der Waals surface area contributed by atoms with Crippen LogP contribution in [0.1, 0.15) is 0 Å². The Labute approximate surface area is 56.8 Å². The second kappa shape index (κ2) is 1.99. The molecule has 1 N–H and O–H groups in total. The van der Waals surface area contributed by atoms with Crippen molar-refractivity contribution in [2.24, 2.45) is 4.99 Å². The highest BCUT2D eigenvalue weighted by Crippen LogP contribution is 2.08. The van der Waals surface area contributed by atoms with Crippen LogP contribution >= 0.6 is 0 Å². The summed E-state index contributed by atoms with van der Waals surface area (Å²) in [5.41, 5.74) is 0. The summed E-state index contributed by atoms with van der Waals surface area (Å²) in [7, 11) is -4.37. The van der Waals surface area contributed by atoms with E-state index >= 15 is 0 Å². The summed E-state index contributed by atoms with van der Waals surface area (Å²) >= 11 is 0. The van der Waals surface area contributed by atoms with Gasteiger partial charge in [0.1, 0.15) is 0 Å². The van der Waals surface area contributed by atoms with Gasteiger partial charge < -0.3 is 0 Å². The molecule has 0 fully saturated rings. The molecule has 1 rings (SSSR count). The Bertz CT molecular complexity index is 323. The SMILES string of the molecule is O=C1N=CC=C1S(=O)(=O)O. The van der Waals surface area contributed by atoms with Gasteiger partial charge in [-0.3, -0.25) is 9.35 Å². The first-order valence-electron chi connectivity index (χ1n) is 2.28. The molecular weight excluding hydrogens is 158 g/mol. The summed E-state index contributed by atoms with van der Waals surface area (Å²) < 4.78 is 28.8. The van der Waals surface area contributed by atoms with Crippen LogP contribution in [0.4, 0.5) is 0 Å². The first kappa shape index (κ1) is 7.10. The summed E-state index contributed by atoms with van der Waals surface area (Å²) in [5, 5.41) is 0. The molecule has 0 bridgehead atoms. The number of aliphatic imine (C=N–C) groups is 1. The van der Waals surface area contributed by atoms with Gasteiger partial charge >= 0.3 is 0 Å². The van der Waals surface area contributed by atoms with Crippen LogP contribution in [-0.4, -0.2) is 25.1 Å². The molecule has 54 valence electrons. The summed E-state index contributed by atoms with van der Waals surface area (Å²) in [6, 6.07) is 0. The molecule has 0 aromatic carbocycles. The lowest BCUT2D eigenvalue weighted by Gasteiger charge is -1.89. The van der Waals surface area contributed by atoms with E-state index in [0.29, 0.717) is 0 Å². The summed E-state index contributed by atoms with van der Waals surface area (Å²) in [6.45, 7) is 0. The number of allylic oxidation sites excluding steroid dienone is 1. The first-order valence-corrected chi connectivity index (χ1v) is 3.72. The second-order valence-electron chi connectivity index (χ2n) is 1.59. The van der Waals surface area contributed by atoms with Gasteiger partial charge in [0.05, 0.1) is 0 Å². The Balaban J connectivity index is 3.12. The minimum absolute atomic E-state index is 0.674. The highest BCUT2D eigenvalue weighted by molar-refractivity contribution is 7.90. The zero-order valence-corrected chi connectivity index (χ0v) is 5.50. The van der Waals surface area contributed by atoms with Gasteiger partial charge in [-0.25, -0.2) is 4.99 Å². The van der Waals surface area contributed by atoms with Gasteiger partial charge in [0.2, 0.25) is 0 Å². The molecule has 0 saturated heterocycles. The fourth-order valence-corrected chi connectivity index (χ4v) is 1.01. The standard InChI is InChI=1S/C4H3NO4S/c6-4-3(1-2-5-4)10(7,8)9/h1-2H,(H,7,8,9). The van der Waals surface area contributed by atoms with Crippen LogP contribution in [0.25, 0.3) is 0 Å². The minimum Gasteiger partial charge on any atom is -0.282 e. The Kier molecular flexibility index (Phi) is 1.42. The van der Waals surface area contributed by atoms with Crippen molar-refractivity contribution in [3.05, 3.63) is 11.0 Å². The zero-order valence-electron chi connectivity index (χ0n) is 4.68. The topological polar surface area (TPSA) is 83.8 Å². The largest absolute Gasteiger partial charge is 0.300 e. The molecule has 1 aliphatic heterocycles. The van der Waals surface area contributed by atoms with Crippen molar-refractivity contribution in [3.63, 3.8) is 0 Å². The number of nitrogens with zero attached hydrogens (tertiary/aromatic N) is 1. The Morgan fingerprint density at radius 1 is 1.50 bits per heavy atom. The molecule has 0 aromatic heterocycles. The molecule has 0 radical (unpaired) electrons. The number of hydrogen-bond donors (Lipinski definition) is 1. The minimum atomic E-state index is -4.37. The quantitative estimate of drug-likeness (QED) is 0.519. The third kappa shape index (κ3) is 1.12. The lowest BCUT2D eigenvalue weighted by molar-refractivity contribution is -0.113. The van der Waals surface area contributed by atoms with Crippen LogP contribution in [0, 0.1) is 0 Å². The predicted molar refractivity (Wildman–Crippen MR) is 33.1 cm³/mol. The van der Waals surface area contributed by atoms with E-state index < -0.39 is 20.9 Å². The molecule has 5 nitrogen and oxygen atoms in total. The molecule has 6 heteroatoms. The third-order valence-electron chi connectivity index (χ3n) is 0.906. The summed E-state index contributed by atoms with van der Waals surface area (Å²) in [4.78, 5) is 12.8. The summed E-state index contributed by atoms with van der Waals surface area (Å²) in [6.07, 6.45) is 1.96. The number of carbonyl (C=O) groups excluding carboxylic acids is 1. The fourth-order valence-electron chi connectivity index (χ4n) is 0.504. The Morgan fingerprint density at radius 3 is 2.30 bits per heavy atom. The van der Waals surface area contributed by atoms with Crippen LogP contribution in [0.3, 0.4) is 0 Å². The monoisotopic (exact) mass is 161 g/mol. The molecule has 1 aliphatic rings. The van der Waals surface area contributed by atoms with E-state index in [0.717, 1.165) is 12.3 Å². The van der Waals surface area contributed by atoms with Gasteiger partial charge in [0.25, 0.3) is 16.0 Å². The van der Waals surface area contributed by atoms with E-state index in [9.17, 15) is 13.2 Å². The van der Waals surface area contributed by atoms with Crippen molar-refractivity contribution in [1.82, 2.24) is 0 Å². The number of carbonyl (C=O) groups is 1. The maximum absolute atomic E-state index is 10.4. The summed E-state index contributed by atoms with van der Waals surface area (Å²) in [5.74, 6) is -0.928. The highest BCUT2D eigenvalue weighted by atomic mass is 32.2. The molecule has 1 heterocycles. The zero-order chi connectivity index (χ0) is 7.78. The van der Waals surface area contributed by atoms with Gasteiger partial charge in [0.15, 0.2) is 4.91 Å². The van der Waals surface area contributed by atoms with Crippen molar-refractivity contribution in [2.75, 3.05) is 0 Å². The Hall–Kier alpha value is -1.01. The first-order chi connectivity index (χ1) is 4.52. The molecule has 1 amide bonds. The van der Waals surface area contributed by atoms with Gasteiger partial charge in [-0.15, -0.1) is 0 Å². The van der Waals surface area contributed by atoms with Crippen LogP contribution in [0.2, 0.25) is 0 Å². The van der Waals surface area contributed by atoms with Gasteiger partial charge in [0, 0.05) is 6.21 Å². The van der Waals surface area contributed by atoms with Crippen molar-refractivity contribution in [3.8, 4) is 0 Å². The molecule has 10 heavy (non-hydrogen) atoms. The smallest absolute Gasteiger partial charge is 0.282 e. The maximum Gasteiger partial charge on any atom is 0.300 e. The predicted octanol–water partition coefficient (Wildman–Crippen LogP) is -0.631. The number of hydrogen-bond acceptors (Lipinski definition) is 3. The molecular formula is C4H3NO4S. The van der Waals surface area contributed by atoms with Gasteiger partial charge in [-0.05, 0) is 6.08 Å². The van der Waals surface area contributed by atoms with Crippen molar-refractivity contribution < 1.29 is 17.8 Å². The molecule has 0 aromatic rings. The van der Waals surface area contributed by atoms with E-state index in [1.165, 1.54) is 0 Å². The lowest BCUT2D eigenvalue weighted by Crippen LogP contribution is -2.07. The van der Waals surface area contributed by atoms with E-state index in [4.69, 9.17) is 4.55 Å². The normalized spacial score (nSPS) is 17.7. The van der Waals surface area contributed by atoms with Crippen LogP contribution < -0.4 is 0 Å². The van der Waals surface area contributed by atoms with E-state index in [-0.39, 0.29) is 0 Å².